The van der Waals surface area contributed by atoms with Crippen LogP contribution in [0.25, 0.3) is 17.2 Å². The van der Waals surface area contributed by atoms with E-state index in [-0.39, 0.29) is 4.90 Å². The van der Waals surface area contributed by atoms with Gasteiger partial charge in [-0.1, -0.05) is 36.4 Å². The number of hydrogen-bond donors (Lipinski definition) is 0. The van der Waals surface area contributed by atoms with Crippen molar-refractivity contribution in [1.29, 1.82) is 5.26 Å². The standard InChI is InChI=1S/C26H22N2O5S/c27-19-21-1-6-22(7-2-21)23-8-10-24(11-9-23)33-26(29)14-5-20-3-12-25(13-4-20)34(30,31)28-15-17-32-18-16-28/h1-14H,15-18H2. The van der Waals surface area contributed by atoms with E-state index < -0.39 is 16.0 Å². The maximum Gasteiger partial charge on any atom is 0.336 e. The zero-order chi connectivity index (χ0) is 24.0. The van der Waals surface area contributed by atoms with Crippen LogP contribution in [0, 0.1) is 11.3 Å². The Bertz CT molecular complexity index is 1320. The number of sulfonamides is 1. The molecule has 1 aliphatic heterocycles. The lowest BCUT2D eigenvalue weighted by Crippen LogP contribution is -2.40. The Morgan fingerprint density at radius 1 is 0.912 bits per heavy atom. The van der Waals surface area contributed by atoms with Crippen molar-refractivity contribution in [1.82, 2.24) is 4.31 Å². The van der Waals surface area contributed by atoms with Crippen molar-refractivity contribution >= 4 is 22.1 Å². The van der Waals surface area contributed by atoms with Crippen molar-refractivity contribution in [2.45, 2.75) is 4.90 Å². The summed E-state index contributed by atoms with van der Waals surface area (Å²) in [5.74, 6) is -0.143. The molecular weight excluding hydrogens is 452 g/mol. The first kappa shape index (κ1) is 23.4. The summed E-state index contributed by atoms with van der Waals surface area (Å²) in [6, 6.07) is 22.7. The number of ether oxygens (including phenoxy) is 2. The number of carbonyl (C=O) groups is 1. The molecule has 1 aliphatic rings. The number of morpholine rings is 1. The number of nitriles is 1. The average molecular weight is 475 g/mol. The molecule has 8 heteroatoms. The van der Waals surface area contributed by atoms with E-state index in [1.54, 1.807) is 42.5 Å². The first-order chi connectivity index (χ1) is 16.5. The third kappa shape index (κ3) is 5.58. The monoisotopic (exact) mass is 474 g/mol. The molecule has 0 unspecified atom stereocenters. The van der Waals surface area contributed by atoms with Crippen LogP contribution >= 0.6 is 0 Å². The molecule has 0 radical (unpaired) electrons. The van der Waals surface area contributed by atoms with Crippen LogP contribution < -0.4 is 4.74 Å². The Morgan fingerprint density at radius 2 is 1.50 bits per heavy atom. The van der Waals surface area contributed by atoms with Crippen LogP contribution in [0.4, 0.5) is 0 Å². The smallest absolute Gasteiger partial charge is 0.336 e. The zero-order valence-electron chi connectivity index (χ0n) is 18.3. The molecular formula is C26H22N2O5S. The zero-order valence-corrected chi connectivity index (χ0v) is 19.1. The Labute approximate surface area is 198 Å². The quantitative estimate of drug-likeness (QED) is 0.306. The van der Waals surface area contributed by atoms with Gasteiger partial charge >= 0.3 is 5.97 Å². The largest absolute Gasteiger partial charge is 0.423 e. The fourth-order valence-corrected chi connectivity index (χ4v) is 4.86. The Hall–Kier alpha value is -3.77. The van der Waals surface area contributed by atoms with Gasteiger partial charge in [-0.25, -0.2) is 13.2 Å². The second-order valence-electron chi connectivity index (χ2n) is 7.55. The highest BCUT2D eigenvalue weighted by Crippen LogP contribution is 2.23. The fraction of sp³-hybridized carbons (Fsp3) is 0.154. The highest BCUT2D eigenvalue weighted by molar-refractivity contribution is 7.89. The topological polar surface area (TPSA) is 96.7 Å². The van der Waals surface area contributed by atoms with Crippen molar-refractivity contribution in [3.8, 4) is 22.9 Å². The summed E-state index contributed by atoms with van der Waals surface area (Å²) in [6.07, 6.45) is 2.86. The minimum atomic E-state index is -3.55. The lowest BCUT2D eigenvalue weighted by Gasteiger charge is -2.26. The van der Waals surface area contributed by atoms with Gasteiger partial charge in [0.15, 0.2) is 0 Å². The second kappa shape index (κ2) is 10.4. The van der Waals surface area contributed by atoms with Crippen molar-refractivity contribution < 1.29 is 22.7 Å². The van der Waals surface area contributed by atoms with Gasteiger partial charge in [0.2, 0.25) is 10.0 Å². The molecule has 0 atom stereocenters. The third-order valence-electron chi connectivity index (χ3n) is 5.32. The molecule has 34 heavy (non-hydrogen) atoms. The summed E-state index contributed by atoms with van der Waals surface area (Å²) < 4.78 is 37.3. The van der Waals surface area contributed by atoms with E-state index in [0.717, 1.165) is 11.1 Å². The third-order valence-corrected chi connectivity index (χ3v) is 7.23. The second-order valence-corrected chi connectivity index (χ2v) is 9.49. The minimum Gasteiger partial charge on any atom is -0.423 e. The number of benzene rings is 3. The number of hydrogen-bond acceptors (Lipinski definition) is 6. The van der Waals surface area contributed by atoms with Gasteiger partial charge < -0.3 is 9.47 Å². The van der Waals surface area contributed by atoms with E-state index in [2.05, 4.69) is 6.07 Å². The summed E-state index contributed by atoms with van der Waals surface area (Å²) in [7, 11) is -3.55. The van der Waals surface area contributed by atoms with Gasteiger partial charge in [-0.3, -0.25) is 0 Å². The molecule has 4 rings (SSSR count). The molecule has 3 aromatic rings. The molecule has 0 aliphatic carbocycles. The lowest BCUT2D eigenvalue weighted by molar-refractivity contribution is -0.128. The van der Waals surface area contributed by atoms with E-state index in [4.69, 9.17) is 14.7 Å². The van der Waals surface area contributed by atoms with E-state index in [9.17, 15) is 13.2 Å². The van der Waals surface area contributed by atoms with E-state index >= 15 is 0 Å². The molecule has 0 spiro atoms. The SMILES string of the molecule is N#Cc1ccc(-c2ccc(OC(=O)C=Cc3ccc(S(=O)(=O)N4CCOCC4)cc3)cc2)cc1. The number of rotatable bonds is 6. The molecule has 1 fully saturated rings. The van der Waals surface area contributed by atoms with Crippen molar-refractivity contribution in [3.63, 3.8) is 0 Å². The van der Waals surface area contributed by atoms with E-state index in [0.29, 0.717) is 43.2 Å². The highest BCUT2D eigenvalue weighted by atomic mass is 32.2. The Balaban J connectivity index is 1.35. The molecule has 0 bridgehead atoms. The maximum absolute atomic E-state index is 12.7. The van der Waals surface area contributed by atoms with E-state index in [1.807, 2.05) is 24.3 Å². The predicted octanol–water partition coefficient (Wildman–Crippen LogP) is 3.86. The first-order valence-electron chi connectivity index (χ1n) is 10.6. The molecule has 1 saturated heterocycles. The molecule has 0 amide bonds. The Morgan fingerprint density at radius 3 is 2.09 bits per heavy atom. The summed E-state index contributed by atoms with van der Waals surface area (Å²) in [5.41, 5.74) is 3.16. The number of esters is 1. The van der Waals surface area contributed by atoms with Gasteiger partial charge in [-0.2, -0.15) is 9.57 Å². The van der Waals surface area contributed by atoms with Gasteiger partial charge in [0.05, 0.1) is 29.7 Å². The summed E-state index contributed by atoms with van der Waals surface area (Å²) in [5, 5.41) is 8.90. The molecule has 0 aromatic heterocycles. The van der Waals surface area contributed by atoms with Gasteiger partial charge in [-0.05, 0) is 59.2 Å². The van der Waals surface area contributed by atoms with Crippen LogP contribution in [-0.4, -0.2) is 45.0 Å². The van der Waals surface area contributed by atoms with Crippen LogP contribution in [0.5, 0.6) is 5.75 Å². The van der Waals surface area contributed by atoms with Gasteiger partial charge in [0.1, 0.15) is 5.75 Å². The molecule has 0 N–H and O–H groups in total. The van der Waals surface area contributed by atoms with Crippen molar-refractivity contribution in [3.05, 3.63) is 90.0 Å². The predicted molar refractivity (Wildman–Crippen MR) is 127 cm³/mol. The minimum absolute atomic E-state index is 0.205. The van der Waals surface area contributed by atoms with Crippen LogP contribution in [0.2, 0.25) is 0 Å². The van der Waals surface area contributed by atoms with Crippen LogP contribution in [-0.2, 0) is 19.6 Å². The van der Waals surface area contributed by atoms with Gasteiger partial charge in [0, 0.05) is 19.2 Å². The lowest BCUT2D eigenvalue weighted by atomic mass is 10.0. The fourth-order valence-electron chi connectivity index (χ4n) is 3.45. The van der Waals surface area contributed by atoms with Crippen LogP contribution in [0.3, 0.4) is 0 Å². The molecule has 3 aromatic carbocycles. The molecule has 172 valence electrons. The Kier molecular flexibility index (Phi) is 7.18. The van der Waals surface area contributed by atoms with Gasteiger partial charge in [-0.15, -0.1) is 0 Å². The summed E-state index contributed by atoms with van der Waals surface area (Å²) in [6.45, 7) is 1.45. The van der Waals surface area contributed by atoms with Crippen LogP contribution in [0.1, 0.15) is 11.1 Å². The van der Waals surface area contributed by atoms with Crippen molar-refractivity contribution in [2.24, 2.45) is 0 Å². The maximum atomic E-state index is 12.7. The first-order valence-corrected chi connectivity index (χ1v) is 12.1. The highest BCUT2D eigenvalue weighted by Gasteiger charge is 2.25. The molecule has 0 saturated carbocycles. The van der Waals surface area contributed by atoms with Crippen molar-refractivity contribution in [2.75, 3.05) is 26.3 Å². The number of carbonyl (C=O) groups excluding carboxylic acids is 1. The molecule has 1 heterocycles. The molecule has 7 nitrogen and oxygen atoms in total. The summed E-state index contributed by atoms with van der Waals surface area (Å²) >= 11 is 0. The number of nitrogens with zero attached hydrogens (tertiary/aromatic N) is 2. The normalized spacial score (nSPS) is 14.6. The van der Waals surface area contributed by atoms with Gasteiger partial charge in [0.25, 0.3) is 0 Å². The summed E-state index contributed by atoms with van der Waals surface area (Å²) in [4.78, 5) is 12.4. The van der Waals surface area contributed by atoms with E-state index in [1.165, 1.54) is 22.5 Å². The van der Waals surface area contributed by atoms with Crippen LogP contribution in [0.15, 0.2) is 83.8 Å². The average Bonchev–Trinajstić information content (AvgIpc) is 2.89.